The lowest BCUT2D eigenvalue weighted by molar-refractivity contribution is -0.159. The lowest BCUT2D eigenvalue weighted by Gasteiger charge is -2.52. The van der Waals surface area contributed by atoms with Gasteiger partial charge in [0.1, 0.15) is 0 Å². The summed E-state index contributed by atoms with van der Waals surface area (Å²) in [6.45, 7) is 7.22. The smallest absolute Gasteiger partial charge is 0.311 e. The van der Waals surface area contributed by atoms with Crippen LogP contribution in [0.2, 0.25) is 0 Å². The van der Waals surface area contributed by atoms with E-state index in [4.69, 9.17) is 0 Å². The summed E-state index contributed by atoms with van der Waals surface area (Å²) in [7, 11) is 0. The number of fused-ring (bicyclic) bond motifs is 1. The van der Waals surface area contributed by atoms with Crippen molar-refractivity contribution in [2.24, 2.45) is 28.6 Å². The summed E-state index contributed by atoms with van der Waals surface area (Å²) in [5.41, 5.74) is -0.692. The van der Waals surface area contributed by atoms with E-state index >= 15 is 0 Å². The molecule has 0 aromatic rings. The Kier molecular flexibility index (Phi) is 5.11. The third kappa shape index (κ3) is 3.22. The van der Waals surface area contributed by atoms with Gasteiger partial charge in [-0.15, -0.1) is 6.58 Å². The van der Waals surface area contributed by atoms with E-state index < -0.39 is 40.6 Å². The van der Waals surface area contributed by atoms with Gasteiger partial charge in [0.25, 0.3) is 0 Å². The van der Waals surface area contributed by atoms with Crippen molar-refractivity contribution < 1.29 is 29.7 Å². The Labute approximate surface area is 147 Å². The van der Waals surface area contributed by atoms with Crippen LogP contribution in [0.5, 0.6) is 0 Å². The number of rotatable bonds is 6. The molecule has 6 nitrogen and oxygen atoms in total. The van der Waals surface area contributed by atoms with Gasteiger partial charge in [0.2, 0.25) is 0 Å². The normalized spacial score (nSPS) is 34.2. The molecule has 1 fully saturated rings. The van der Waals surface area contributed by atoms with Gasteiger partial charge in [-0.1, -0.05) is 31.1 Å². The monoisotopic (exact) mass is 350 g/mol. The molecule has 3 N–H and O–H groups in total. The number of carboxylic acids is 3. The van der Waals surface area contributed by atoms with Gasteiger partial charge in [0, 0.05) is 0 Å². The number of hydrogen-bond acceptors (Lipinski definition) is 3. The Morgan fingerprint density at radius 1 is 1.20 bits per heavy atom. The summed E-state index contributed by atoms with van der Waals surface area (Å²) in [6, 6.07) is 0. The van der Waals surface area contributed by atoms with Crippen LogP contribution < -0.4 is 0 Å². The molecule has 0 aromatic carbocycles. The summed E-state index contributed by atoms with van der Waals surface area (Å²) < 4.78 is 0. The zero-order valence-electron chi connectivity index (χ0n) is 14.7. The number of hydrogen-bond donors (Lipinski definition) is 3. The molecular formula is C19H26O6. The maximum atomic E-state index is 11.8. The van der Waals surface area contributed by atoms with Gasteiger partial charge in [-0.2, -0.15) is 0 Å². The third-order valence-electron chi connectivity index (χ3n) is 6.27. The van der Waals surface area contributed by atoms with Gasteiger partial charge >= 0.3 is 17.9 Å². The van der Waals surface area contributed by atoms with Crippen LogP contribution in [0.25, 0.3) is 0 Å². The predicted octanol–water partition coefficient (Wildman–Crippen LogP) is 3.19. The minimum Gasteiger partial charge on any atom is -0.481 e. The molecule has 138 valence electrons. The van der Waals surface area contributed by atoms with Crippen LogP contribution >= 0.6 is 0 Å². The van der Waals surface area contributed by atoms with E-state index in [0.717, 1.165) is 12.8 Å². The van der Waals surface area contributed by atoms with E-state index in [1.165, 1.54) is 6.08 Å². The minimum atomic E-state index is -1.21. The Bertz CT molecular complexity index is 636. The van der Waals surface area contributed by atoms with E-state index in [9.17, 15) is 29.7 Å². The lowest BCUT2D eigenvalue weighted by atomic mass is 9.51. The van der Waals surface area contributed by atoms with Gasteiger partial charge in [-0.3, -0.25) is 14.4 Å². The molecule has 0 radical (unpaired) electrons. The molecule has 0 spiro atoms. The second kappa shape index (κ2) is 6.65. The first kappa shape index (κ1) is 19.2. The van der Waals surface area contributed by atoms with Crippen LogP contribution in [0.1, 0.15) is 46.0 Å². The molecule has 6 heteroatoms. The summed E-state index contributed by atoms with van der Waals surface area (Å²) in [5.74, 6) is -5.66. The first-order chi connectivity index (χ1) is 11.6. The molecule has 0 heterocycles. The van der Waals surface area contributed by atoms with E-state index in [1.54, 1.807) is 6.92 Å². The highest BCUT2D eigenvalue weighted by molar-refractivity contribution is 5.84. The minimum absolute atomic E-state index is 0.0866. The fourth-order valence-corrected chi connectivity index (χ4v) is 4.96. The van der Waals surface area contributed by atoms with Crippen molar-refractivity contribution in [2.45, 2.75) is 46.0 Å². The van der Waals surface area contributed by atoms with Crippen LogP contribution in [0, 0.1) is 28.6 Å². The zero-order valence-corrected chi connectivity index (χ0v) is 14.7. The van der Waals surface area contributed by atoms with Crippen molar-refractivity contribution in [3.63, 3.8) is 0 Å². The molecule has 5 unspecified atom stereocenters. The van der Waals surface area contributed by atoms with Gasteiger partial charge < -0.3 is 15.3 Å². The van der Waals surface area contributed by atoms with Crippen molar-refractivity contribution in [1.82, 2.24) is 0 Å². The first-order valence-corrected chi connectivity index (χ1v) is 8.60. The third-order valence-corrected chi connectivity index (χ3v) is 6.27. The maximum Gasteiger partial charge on any atom is 0.311 e. The highest BCUT2D eigenvalue weighted by Gasteiger charge is 2.54. The number of carboxylic acid groups (broad SMARTS) is 3. The molecule has 25 heavy (non-hydrogen) atoms. The van der Waals surface area contributed by atoms with Crippen molar-refractivity contribution in [3.05, 3.63) is 24.3 Å². The van der Waals surface area contributed by atoms with Crippen molar-refractivity contribution >= 4 is 17.9 Å². The molecule has 0 saturated heterocycles. The Morgan fingerprint density at radius 3 is 2.32 bits per heavy atom. The van der Waals surface area contributed by atoms with E-state index in [0.29, 0.717) is 24.8 Å². The summed E-state index contributed by atoms with van der Waals surface area (Å²) in [5, 5.41) is 28.6. The molecule has 2 rings (SSSR count). The van der Waals surface area contributed by atoms with Crippen molar-refractivity contribution in [1.29, 1.82) is 0 Å². The molecular weight excluding hydrogens is 324 g/mol. The standard InChI is InChI=1S/C19H26O6/c1-4-12(15(20)21)14(16(22)23)11-6-7-13-18(2,10-11)8-5-9-19(13,3)17(24)25/h4,10,12-14H,1,5-9H2,2-3H3,(H,20,21)(H,22,23)(H,24,25). The first-order valence-electron chi connectivity index (χ1n) is 8.60. The fraction of sp³-hybridized carbons (Fsp3) is 0.632. The van der Waals surface area contributed by atoms with Crippen LogP contribution in [0.15, 0.2) is 24.3 Å². The Hall–Kier alpha value is -2.11. The van der Waals surface area contributed by atoms with Crippen LogP contribution in [-0.2, 0) is 14.4 Å². The topological polar surface area (TPSA) is 112 Å². The average Bonchev–Trinajstić information content (AvgIpc) is 2.50. The molecule has 2 aliphatic carbocycles. The molecule has 0 amide bonds. The van der Waals surface area contributed by atoms with Gasteiger partial charge in [-0.05, 0) is 43.9 Å². The van der Waals surface area contributed by atoms with Crippen molar-refractivity contribution in [3.8, 4) is 0 Å². The average molecular weight is 350 g/mol. The second-order valence-electron chi connectivity index (χ2n) is 7.81. The van der Waals surface area contributed by atoms with E-state index in [2.05, 4.69) is 6.58 Å². The molecule has 0 aromatic heterocycles. The Balaban J connectivity index is 2.46. The second-order valence-corrected chi connectivity index (χ2v) is 7.81. The number of aliphatic carboxylic acids is 3. The Morgan fingerprint density at radius 2 is 1.84 bits per heavy atom. The largest absolute Gasteiger partial charge is 0.481 e. The zero-order chi connectivity index (χ0) is 19.0. The lowest BCUT2D eigenvalue weighted by Crippen LogP contribution is -2.49. The van der Waals surface area contributed by atoms with Crippen LogP contribution in [0.4, 0.5) is 0 Å². The number of allylic oxidation sites excluding steroid dienone is 1. The summed E-state index contributed by atoms with van der Waals surface area (Å²) in [4.78, 5) is 35.0. The maximum absolute atomic E-state index is 11.8. The summed E-state index contributed by atoms with van der Waals surface area (Å²) >= 11 is 0. The quantitative estimate of drug-likeness (QED) is 0.634. The fourth-order valence-electron chi connectivity index (χ4n) is 4.96. The SMILES string of the molecule is C=CC(C(=O)O)C(C(=O)O)C1=CC2(C)CCCC(C)(C(=O)O)C2CC1. The van der Waals surface area contributed by atoms with Crippen LogP contribution in [-0.4, -0.2) is 33.2 Å². The molecule has 1 saturated carbocycles. The van der Waals surface area contributed by atoms with Crippen LogP contribution in [0.3, 0.4) is 0 Å². The highest BCUT2D eigenvalue weighted by atomic mass is 16.4. The van der Waals surface area contributed by atoms with Gasteiger partial charge in [0.05, 0.1) is 17.3 Å². The van der Waals surface area contributed by atoms with Gasteiger partial charge in [-0.25, -0.2) is 0 Å². The van der Waals surface area contributed by atoms with Gasteiger partial charge in [0.15, 0.2) is 0 Å². The van der Waals surface area contributed by atoms with Crippen molar-refractivity contribution in [2.75, 3.05) is 0 Å². The predicted molar refractivity (Wildman–Crippen MR) is 91.0 cm³/mol. The highest BCUT2D eigenvalue weighted by Crippen LogP contribution is 2.57. The van der Waals surface area contributed by atoms with E-state index in [-0.39, 0.29) is 5.92 Å². The molecule has 0 aliphatic heterocycles. The molecule has 0 bridgehead atoms. The number of carbonyl (C=O) groups is 3. The van der Waals surface area contributed by atoms with E-state index in [1.807, 2.05) is 13.0 Å². The molecule has 2 aliphatic rings. The molecule has 5 atom stereocenters. The summed E-state index contributed by atoms with van der Waals surface area (Å²) in [6.07, 6.45) is 6.12.